The number of thiophene rings is 1. The molecule has 0 aliphatic carbocycles. The van der Waals surface area contributed by atoms with E-state index in [1.54, 1.807) is 23.1 Å². The molecule has 2 aromatic rings. The molecule has 2 aliphatic heterocycles. The van der Waals surface area contributed by atoms with Crippen LogP contribution in [0.1, 0.15) is 19.3 Å². The Morgan fingerprint density at radius 2 is 2.17 bits per heavy atom. The van der Waals surface area contributed by atoms with Crippen LogP contribution < -0.4 is 16.0 Å². The van der Waals surface area contributed by atoms with Crippen LogP contribution in [-0.2, 0) is 4.79 Å². The van der Waals surface area contributed by atoms with Gasteiger partial charge in [0.2, 0.25) is 11.9 Å². The summed E-state index contributed by atoms with van der Waals surface area (Å²) in [4.78, 5) is 22.6. The molecule has 0 bridgehead atoms. The number of piperidine rings is 1. The number of nitrogens with two attached hydrogens (primary N) is 1. The second-order valence-electron chi connectivity index (χ2n) is 6.40. The third-order valence-electron chi connectivity index (χ3n) is 4.75. The van der Waals surface area contributed by atoms with Crippen LogP contribution in [0.15, 0.2) is 32.8 Å². The summed E-state index contributed by atoms with van der Waals surface area (Å²) in [6, 6.07) is 6.11. The van der Waals surface area contributed by atoms with E-state index in [1.807, 2.05) is 12.1 Å². The van der Waals surface area contributed by atoms with Crippen molar-refractivity contribution >= 4 is 40.8 Å². The standard InChI is InChI=1S/C16H19N5OS2/c17-15-19-11(8-13(20-15)24-14-2-1-7-23-14)21-5-3-16(4-6-21)9-12(22)18-10-16/h1-2,7-8H,3-6,9-10H2,(H,18,22)(H2,17,19,20). The van der Waals surface area contributed by atoms with Gasteiger partial charge in [-0.25, -0.2) is 4.98 Å². The molecule has 1 spiro atoms. The molecular formula is C16H19N5OS2. The first-order chi connectivity index (χ1) is 11.6. The molecule has 0 aromatic carbocycles. The number of nitrogens with one attached hydrogen (secondary N) is 1. The summed E-state index contributed by atoms with van der Waals surface area (Å²) in [5, 5.41) is 5.90. The highest BCUT2D eigenvalue weighted by Crippen LogP contribution is 2.39. The highest BCUT2D eigenvalue weighted by atomic mass is 32.2. The molecular weight excluding hydrogens is 342 g/mol. The molecule has 3 N–H and O–H groups in total. The quantitative estimate of drug-likeness (QED) is 0.817. The predicted molar refractivity (Wildman–Crippen MR) is 96.4 cm³/mol. The number of nitrogen functional groups attached to an aromatic ring is 1. The van der Waals surface area contributed by atoms with Crippen LogP contribution >= 0.6 is 23.1 Å². The van der Waals surface area contributed by atoms with Crippen molar-refractivity contribution in [3.63, 3.8) is 0 Å². The largest absolute Gasteiger partial charge is 0.368 e. The molecule has 0 unspecified atom stereocenters. The maximum Gasteiger partial charge on any atom is 0.223 e. The first-order valence-electron chi connectivity index (χ1n) is 8.00. The molecule has 0 atom stereocenters. The summed E-state index contributed by atoms with van der Waals surface area (Å²) in [7, 11) is 0. The van der Waals surface area contributed by atoms with Gasteiger partial charge in [0.15, 0.2) is 0 Å². The Morgan fingerprint density at radius 3 is 2.83 bits per heavy atom. The summed E-state index contributed by atoms with van der Waals surface area (Å²) in [6.45, 7) is 2.61. The molecule has 0 saturated carbocycles. The van der Waals surface area contributed by atoms with Gasteiger partial charge in [-0.05, 0) is 29.7 Å². The fourth-order valence-corrected chi connectivity index (χ4v) is 5.10. The fourth-order valence-electron chi connectivity index (χ4n) is 3.38. The number of hydrogen-bond acceptors (Lipinski definition) is 7. The topological polar surface area (TPSA) is 84.1 Å². The van der Waals surface area contributed by atoms with Crippen LogP contribution in [0.5, 0.6) is 0 Å². The fraction of sp³-hybridized carbons (Fsp3) is 0.438. The Hall–Kier alpha value is -1.80. The molecule has 2 fully saturated rings. The molecule has 2 saturated heterocycles. The number of carbonyl (C=O) groups is 1. The van der Waals surface area contributed by atoms with Gasteiger partial charge in [0.1, 0.15) is 10.8 Å². The van der Waals surface area contributed by atoms with Crippen molar-refractivity contribution < 1.29 is 4.79 Å². The van der Waals surface area contributed by atoms with E-state index in [0.29, 0.717) is 12.4 Å². The second-order valence-corrected chi connectivity index (χ2v) is 8.67. The van der Waals surface area contributed by atoms with Crippen LogP contribution in [0.3, 0.4) is 0 Å². The third kappa shape index (κ3) is 3.21. The van der Waals surface area contributed by atoms with Crippen molar-refractivity contribution in [1.29, 1.82) is 0 Å². The Morgan fingerprint density at radius 1 is 1.33 bits per heavy atom. The normalized spacial score (nSPS) is 19.7. The number of nitrogens with zero attached hydrogens (tertiary/aromatic N) is 3. The van der Waals surface area contributed by atoms with Crippen LogP contribution in [-0.4, -0.2) is 35.5 Å². The Bertz CT molecular complexity index is 741. The van der Waals surface area contributed by atoms with Gasteiger partial charge in [0.25, 0.3) is 0 Å². The first-order valence-corrected chi connectivity index (χ1v) is 9.69. The van der Waals surface area contributed by atoms with Crippen LogP contribution in [0.2, 0.25) is 0 Å². The van der Waals surface area contributed by atoms with Gasteiger partial charge in [-0.1, -0.05) is 17.8 Å². The Balaban J connectivity index is 1.48. The number of amides is 1. The number of carbonyl (C=O) groups excluding carboxylic acids is 1. The molecule has 0 radical (unpaired) electrons. The summed E-state index contributed by atoms with van der Waals surface area (Å²) in [5.41, 5.74) is 6.05. The van der Waals surface area contributed by atoms with E-state index in [4.69, 9.17) is 5.73 Å². The smallest absolute Gasteiger partial charge is 0.223 e. The van der Waals surface area contributed by atoms with Gasteiger partial charge in [-0.15, -0.1) is 11.3 Å². The maximum absolute atomic E-state index is 11.5. The zero-order chi connectivity index (χ0) is 16.6. The zero-order valence-electron chi connectivity index (χ0n) is 13.2. The lowest BCUT2D eigenvalue weighted by molar-refractivity contribution is -0.119. The second kappa shape index (κ2) is 6.25. The van der Waals surface area contributed by atoms with E-state index < -0.39 is 0 Å². The lowest BCUT2D eigenvalue weighted by Gasteiger charge is -2.38. The molecule has 8 heteroatoms. The maximum atomic E-state index is 11.5. The van der Waals surface area contributed by atoms with Crippen LogP contribution in [0.25, 0.3) is 0 Å². The van der Waals surface area contributed by atoms with E-state index in [1.165, 1.54) is 4.21 Å². The summed E-state index contributed by atoms with van der Waals surface area (Å²) in [6.07, 6.45) is 2.67. The molecule has 4 rings (SSSR count). The van der Waals surface area contributed by atoms with E-state index in [9.17, 15) is 4.79 Å². The molecule has 2 aromatic heterocycles. The predicted octanol–water partition coefficient (Wildman–Crippen LogP) is 2.38. The number of aromatic nitrogens is 2. The molecule has 24 heavy (non-hydrogen) atoms. The first kappa shape index (κ1) is 15.7. The van der Waals surface area contributed by atoms with Gasteiger partial charge in [-0.2, -0.15) is 4.98 Å². The van der Waals surface area contributed by atoms with Gasteiger partial charge in [0.05, 0.1) is 4.21 Å². The van der Waals surface area contributed by atoms with Crippen molar-refractivity contribution in [2.75, 3.05) is 30.3 Å². The molecule has 2 aliphatic rings. The van der Waals surface area contributed by atoms with Crippen molar-refractivity contribution in [1.82, 2.24) is 15.3 Å². The average molecular weight is 361 g/mol. The van der Waals surface area contributed by atoms with Crippen molar-refractivity contribution in [3.05, 3.63) is 23.6 Å². The minimum absolute atomic E-state index is 0.140. The molecule has 1 amide bonds. The summed E-state index contributed by atoms with van der Waals surface area (Å²) >= 11 is 3.30. The summed E-state index contributed by atoms with van der Waals surface area (Å²) in [5.74, 6) is 1.38. The minimum atomic E-state index is 0.140. The van der Waals surface area contributed by atoms with E-state index in [0.717, 1.165) is 43.3 Å². The average Bonchev–Trinajstić information content (AvgIpc) is 3.18. The van der Waals surface area contributed by atoms with Crippen LogP contribution in [0.4, 0.5) is 11.8 Å². The van der Waals surface area contributed by atoms with Crippen LogP contribution in [0, 0.1) is 5.41 Å². The van der Waals surface area contributed by atoms with Crippen molar-refractivity contribution in [2.24, 2.45) is 5.41 Å². The molecule has 6 nitrogen and oxygen atoms in total. The van der Waals surface area contributed by atoms with Crippen molar-refractivity contribution in [3.8, 4) is 0 Å². The van der Waals surface area contributed by atoms with Gasteiger partial charge in [0, 0.05) is 32.1 Å². The minimum Gasteiger partial charge on any atom is -0.368 e. The highest BCUT2D eigenvalue weighted by Gasteiger charge is 2.41. The zero-order valence-corrected chi connectivity index (χ0v) is 14.8. The van der Waals surface area contributed by atoms with Gasteiger partial charge in [-0.3, -0.25) is 4.79 Å². The lowest BCUT2D eigenvalue weighted by Crippen LogP contribution is -2.41. The Labute approximate surface area is 148 Å². The number of rotatable bonds is 3. The van der Waals surface area contributed by atoms with E-state index >= 15 is 0 Å². The monoisotopic (exact) mass is 361 g/mol. The van der Waals surface area contributed by atoms with Gasteiger partial charge >= 0.3 is 0 Å². The van der Waals surface area contributed by atoms with Gasteiger partial charge < -0.3 is 16.0 Å². The highest BCUT2D eigenvalue weighted by molar-refractivity contribution is 8.01. The van der Waals surface area contributed by atoms with E-state index in [-0.39, 0.29) is 11.3 Å². The van der Waals surface area contributed by atoms with E-state index in [2.05, 4.69) is 31.6 Å². The number of hydrogen-bond donors (Lipinski definition) is 2. The summed E-state index contributed by atoms with van der Waals surface area (Å²) < 4.78 is 1.19. The Kier molecular flexibility index (Phi) is 4.09. The SMILES string of the molecule is Nc1nc(Sc2cccs2)cc(N2CCC3(CC2)CNC(=O)C3)n1. The van der Waals surface area contributed by atoms with Crippen molar-refractivity contribution in [2.45, 2.75) is 28.5 Å². The third-order valence-corrected chi connectivity index (χ3v) is 6.71. The molecule has 126 valence electrons. The number of anilines is 2. The molecule has 4 heterocycles. The lowest BCUT2D eigenvalue weighted by atomic mass is 9.78.